The number of aromatic amines is 2. The SMILES string of the molecule is CCC.CCC.CCCN(Cc1ncc(-c2ccc3cc(-c4ccc(-c5cnc(CN(CCC)C(=O)CNC(=O)OC)[nH]5)s4)ccc3c2)[nH]1)C(=O)CNC(=O)OC. The Morgan fingerprint density at radius 3 is 1.56 bits per heavy atom. The number of alkyl carbamates (subject to hydrolysis) is 2. The molecule has 0 radical (unpaired) electrons. The number of thiophene rings is 1. The molecule has 0 aliphatic rings. The van der Waals surface area contributed by atoms with E-state index in [2.05, 4.69) is 110 Å². The molecule has 57 heavy (non-hydrogen) atoms. The molecular weight excluding hydrogens is 745 g/mol. The molecule has 0 aliphatic heterocycles. The van der Waals surface area contributed by atoms with E-state index in [-0.39, 0.29) is 24.9 Å². The number of hydrogen-bond acceptors (Lipinski definition) is 9. The van der Waals surface area contributed by atoms with E-state index in [4.69, 9.17) is 0 Å². The Bertz CT molecular complexity index is 2020. The van der Waals surface area contributed by atoms with Crippen molar-refractivity contribution >= 4 is 46.1 Å². The third-order valence-corrected chi connectivity index (χ3v) is 9.24. The van der Waals surface area contributed by atoms with Crippen molar-refractivity contribution in [1.82, 2.24) is 40.4 Å². The molecule has 15 heteroatoms. The number of rotatable bonds is 15. The number of amides is 4. The lowest BCUT2D eigenvalue weighted by Gasteiger charge is -2.21. The number of ether oxygens (including phenoxy) is 2. The molecule has 5 rings (SSSR count). The molecule has 4 amide bonds. The Kier molecular flexibility index (Phi) is 19.3. The highest BCUT2D eigenvalue weighted by atomic mass is 32.1. The summed E-state index contributed by atoms with van der Waals surface area (Å²) in [6, 6.07) is 16.7. The first kappa shape index (κ1) is 45.7. The van der Waals surface area contributed by atoms with Gasteiger partial charge in [-0.2, -0.15) is 0 Å². The second kappa shape index (κ2) is 24.0. The van der Waals surface area contributed by atoms with Gasteiger partial charge in [0.15, 0.2) is 0 Å². The van der Waals surface area contributed by atoms with Crippen molar-refractivity contribution in [3.8, 4) is 32.3 Å². The molecule has 3 aromatic heterocycles. The van der Waals surface area contributed by atoms with Crippen molar-refractivity contribution in [2.45, 2.75) is 80.3 Å². The number of nitrogens with one attached hydrogen (secondary N) is 4. The van der Waals surface area contributed by atoms with Gasteiger partial charge >= 0.3 is 12.2 Å². The molecule has 0 saturated carbocycles. The zero-order valence-electron chi connectivity index (χ0n) is 34.5. The van der Waals surface area contributed by atoms with Crippen LogP contribution in [0.15, 0.2) is 60.9 Å². The van der Waals surface area contributed by atoms with Crippen molar-refractivity contribution in [3.63, 3.8) is 0 Å². The number of carbonyl (C=O) groups excluding carboxylic acids is 4. The monoisotopic (exact) mass is 802 g/mol. The van der Waals surface area contributed by atoms with E-state index < -0.39 is 12.2 Å². The predicted molar refractivity (Wildman–Crippen MR) is 227 cm³/mol. The van der Waals surface area contributed by atoms with Gasteiger partial charge in [0.25, 0.3) is 0 Å². The lowest BCUT2D eigenvalue weighted by molar-refractivity contribution is -0.131. The Morgan fingerprint density at radius 1 is 0.632 bits per heavy atom. The Labute approximate surface area is 339 Å². The summed E-state index contributed by atoms with van der Waals surface area (Å²) >= 11 is 1.65. The van der Waals surface area contributed by atoms with Crippen LogP contribution in [0.2, 0.25) is 0 Å². The van der Waals surface area contributed by atoms with E-state index in [0.29, 0.717) is 37.8 Å². The third-order valence-electron chi connectivity index (χ3n) is 8.08. The van der Waals surface area contributed by atoms with Gasteiger partial charge in [-0.15, -0.1) is 11.3 Å². The van der Waals surface area contributed by atoms with E-state index in [1.54, 1.807) is 33.5 Å². The smallest absolute Gasteiger partial charge is 0.407 e. The fraction of sp³-hybridized carbons (Fsp3) is 0.429. The maximum atomic E-state index is 12.7. The summed E-state index contributed by atoms with van der Waals surface area (Å²) < 4.78 is 9.12. The number of benzene rings is 2. The van der Waals surface area contributed by atoms with Crippen LogP contribution in [0, 0.1) is 0 Å². The first-order valence-electron chi connectivity index (χ1n) is 19.5. The summed E-state index contributed by atoms with van der Waals surface area (Å²) in [5, 5.41) is 7.05. The molecule has 5 aromatic rings. The van der Waals surface area contributed by atoms with E-state index >= 15 is 0 Å². The van der Waals surface area contributed by atoms with Crippen molar-refractivity contribution < 1.29 is 28.7 Å². The molecule has 0 saturated heterocycles. The quantitative estimate of drug-likeness (QED) is 0.0817. The van der Waals surface area contributed by atoms with Crippen molar-refractivity contribution in [2.24, 2.45) is 0 Å². The normalized spacial score (nSPS) is 10.4. The minimum Gasteiger partial charge on any atom is -0.453 e. The van der Waals surface area contributed by atoms with E-state index in [1.807, 2.05) is 19.9 Å². The minimum atomic E-state index is -0.650. The first-order valence-corrected chi connectivity index (χ1v) is 20.3. The first-order chi connectivity index (χ1) is 27.5. The van der Waals surface area contributed by atoms with Gasteiger partial charge in [0, 0.05) is 23.5 Å². The number of hydrogen-bond donors (Lipinski definition) is 4. The maximum absolute atomic E-state index is 12.7. The van der Waals surface area contributed by atoms with Crippen LogP contribution in [0.3, 0.4) is 0 Å². The topological polar surface area (TPSA) is 175 Å². The largest absolute Gasteiger partial charge is 0.453 e. The van der Waals surface area contributed by atoms with Crippen LogP contribution in [-0.4, -0.2) is 94.1 Å². The van der Waals surface area contributed by atoms with Gasteiger partial charge < -0.3 is 39.9 Å². The summed E-state index contributed by atoms with van der Waals surface area (Å²) in [7, 11) is 2.51. The number of methoxy groups -OCH3 is 2. The number of H-pyrrole nitrogens is 2. The molecule has 0 atom stereocenters. The Morgan fingerprint density at radius 2 is 1.07 bits per heavy atom. The molecule has 0 aliphatic carbocycles. The molecule has 0 spiro atoms. The zero-order valence-corrected chi connectivity index (χ0v) is 35.3. The summed E-state index contributed by atoms with van der Waals surface area (Å²) in [6.07, 6.45) is 6.28. The lowest BCUT2D eigenvalue weighted by atomic mass is 10.0. The summed E-state index contributed by atoms with van der Waals surface area (Å²) in [4.78, 5) is 69.3. The Balaban J connectivity index is 0.00000136. The van der Waals surface area contributed by atoms with Crippen molar-refractivity contribution in [2.75, 3.05) is 40.4 Å². The van der Waals surface area contributed by atoms with Crippen LogP contribution in [0.1, 0.15) is 78.9 Å². The molecule has 14 nitrogen and oxygen atoms in total. The van der Waals surface area contributed by atoms with E-state index in [1.165, 1.54) is 27.1 Å². The molecule has 3 heterocycles. The molecular formula is C42H58N8O6S. The number of fused-ring (bicyclic) bond motifs is 1. The standard InChI is InChI=1S/C36H42N8O6S.2C3H8/c1-5-13-43(33(45)19-39-35(47)49-3)21-31-37-17-27(41-31)25-9-7-24-16-26(10-8-23(24)15-25)29-11-12-30(51-29)28-18-38-32(42-28)22-44(14-6-2)34(46)20-40-36(48)50-4;2*1-3-2/h7-12,15-18H,5-6,13-14,19-22H2,1-4H3,(H,37,41)(H,38,42)(H,39,47)(H,40,48);2*3H2,1-2H3. The number of imidazole rings is 2. The fourth-order valence-corrected chi connectivity index (χ4v) is 6.48. The van der Waals surface area contributed by atoms with Crippen LogP contribution in [-0.2, 0) is 32.2 Å². The van der Waals surface area contributed by atoms with E-state index in [0.717, 1.165) is 55.9 Å². The van der Waals surface area contributed by atoms with Crippen LogP contribution >= 0.6 is 11.3 Å². The highest BCUT2D eigenvalue weighted by molar-refractivity contribution is 7.18. The summed E-state index contributed by atoms with van der Waals surface area (Å²) in [6.45, 7) is 13.8. The second-order valence-electron chi connectivity index (χ2n) is 13.2. The maximum Gasteiger partial charge on any atom is 0.407 e. The number of aromatic nitrogens is 4. The lowest BCUT2D eigenvalue weighted by Crippen LogP contribution is -2.40. The summed E-state index contributed by atoms with van der Waals surface area (Å²) in [5.74, 6) is 0.874. The zero-order chi connectivity index (χ0) is 41.7. The van der Waals surface area contributed by atoms with Gasteiger partial charge in [-0.05, 0) is 53.4 Å². The predicted octanol–water partition coefficient (Wildman–Crippen LogP) is 8.37. The van der Waals surface area contributed by atoms with Crippen molar-refractivity contribution in [1.29, 1.82) is 0 Å². The molecule has 4 N–H and O–H groups in total. The molecule has 0 unspecified atom stereocenters. The van der Waals surface area contributed by atoms with Gasteiger partial charge in [0.05, 0.1) is 56.0 Å². The third kappa shape index (κ3) is 14.1. The highest BCUT2D eigenvalue weighted by Gasteiger charge is 2.18. The average Bonchev–Trinajstić information content (AvgIpc) is 4.01. The van der Waals surface area contributed by atoms with Crippen LogP contribution in [0.4, 0.5) is 9.59 Å². The van der Waals surface area contributed by atoms with Gasteiger partial charge in [-0.3, -0.25) is 9.59 Å². The molecule has 2 aromatic carbocycles. The van der Waals surface area contributed by atoms with Crippen LogP contribution in [0.5, 0.6) is 0 Å². The van der Waals surface area contributed by atoms with Crippen molar-refractivity contribution in [3.05, 3.63) is 72.6 Å². The van der Waals surface area contributed by atoms with Gasteiger partial charge in [-0.25, -0.2) is 19.6 Å². The molecule has 0 fully saturated rings. The van der Waals surface area contributed by atoms with Gasteiger partial charge in [-0.1, -0.05) is 78.6 Å². The molecule has 0 bridgehead atoms. The molecule has 308 valence electrons. The number of carbonyl (C=O) groups is 4. The fourth-order valence-electron chi connectivity index (χ4n) is 5.51. The average molecular weight is 803 g/mol. The second-order valence-corrected chi connectivity index (χ2v) is 14.2. The summed E-state index contributed by atoms with van der Waals surface area (Å²) in [5.41, 5.74) is 3.77. The van der Waals surface area contributed by atoms with Crippen LogP contribution < -0.4 is 10.6 Å². The minimum absolute atomic E-state index is 0.146. The Hall–Kier alpha value is -5.70. The number of nitrogens with zero attached hydrogens (tertiary/aromatic N) is 4. The highest BCUT2D eigenvalue weighted by Crippen LogP contribution is 2.35. The van der Waals surface area contributed by atoms with Gasteiger partial charge in [0.1, 0.15) is 24.7 Å². The van der Waals surface area contributed by atoms with Crippen LogP contribution in [0.25, 0.3) is 43.0 Å². The van der Waals surface area contributed by atoms with Gasteiger partial charge in [0.2, 0.25) is 11.8 Å². The van der Waals surface area contributed by atoms with E-state index in [9.17, 15) is 19.2 Å².